The normalized spacial score (nSPS) is 27.6. The highest BCUT2D eigenvalue weighted by Crippen LogP contribution is 2.56. The number of hydrogen-bond donors (Lipinski definition) is 2. The number of aromatic hydroxyl groups is 2. The van der Waals surface area contributed by atoms with E-state index in [9.17, 15) is 30.4 Å². The molecule has 8 nitrogen and oxygen atoms in total. The standard InChI is InChI=1S/C24H22N2O6/c27-22-5-1-15(12-21(22)25(29)30)19-4-6-23(28)24(26(31)32)20(19)3-2-18-16-8-13-7-14(10-16)11-17(18)9-13/h1,4-6,12-14,16-18,27-28H,7-11H2. The van der Waals surface area contributed by atoms with Crippen molar-refractivity contribution in [2.75, 3.05) is 0 Å². The molecule has 0 unspecified atom stereocenters. The summed E-state index contributed by atoms with van der Waals surface area (Å²) in [5.41, 5.74) is -0.336. The van der Waals surface area contributed by atoms with Crippen LogP contribution in [0.4, 0.5) is 11.4 Å². The summed E-state index contributed by atoms with van der Waals surface area (Å²) in [7, 11) is 0. The summed E-state index contributed by atoms with van der Waals surface area (Å²) in [4.78, 5) is 21.7. The summed E-state index contributed by atoms with van der Waals surface area (Å²) < 4.78 is 0. The molecule has 0 aliphatic heterocycles. The highest BCUT2D eigenvalue weighted by atomic mass is 16.6. The Bertz CT molecular complexity index is 1170. The zero-order chi connectivity index (χ0) is 22.6. The molecule has 4 fully saturated rings. The maximum absolute atomic E-state index is 11.8. The first-order valence-electron chi connectivity index (χ1n) is 10.8. The first-order chi connectivity index (χ1) is 15.3. The summed E-state index contributed by atoms with van der Waals surface area (Å²) in [6.45, 7) is 0. The van der Waals surface area contributed by atoms with Crippen molar-refractivity contribution in [3.63, 3.8) is 0 Å². The number of phenolic OH excluding ortho intramolecular Hbond substituents is 2. The quantitative estimate of drug-likeness (QED) is 0.397. The van der Waals surface area contributed by atoms with Crippen molar-refractivity contribution < 1.29 is 20.1 Å². The van der Waals surface area contributed by atoms with E-state index in [-0.39, 0.29) is 11.5 Å². The molecule has 0 amide bonds. The van der Waals surface area contributed by atoms with Crippen molar-refractivity contribution >= 4 is 11.4 Å². The number of phenols is 2. The molecule has 6 rings (SSSR count). The third-order valence-corrected chi connectivity index (χ3v) is 7.41. The van der Waals surface area contributed by atoms with Crippen molar-refractivity contribution in [3.8, 4) is 34.5 Å². The zero-order valence-electron chi connectivity index (χ0n) is 17.2. The highest BCUT2D eigenvalue weighted by molar-refractivity contribution is 5.80. The van der Waals surface area contributed by atoms with Gasteiger partial charge in [0.15, 0.2) is 11.5 Å². The van der Waals surface area contributed by atoms with Gasteiger partial charge in [-0.1, -0.05) is 17.9 Å². The molecule has 2 aromatic carbocycles. The van der Waals surface area contributed by atoms with Crippen LogP contribution in [0.2, 0.25) is 0 Å². The maximum atomic E-state index is 11.8. The van der Waals surface area contributed by atoms with Gasteiger partial charge >= 0.3 is 11.4 Å². The number of hydrogen-bond acceptors (Lipinski definition) is 6. The fourth-order valence-corrected chi connectivity index (χ4v) is 6.29. The molecule has 0 radical (unpaired) electrons. The van der Waals surface area contributed by atoms with E-state index < -0.39 is 32.7 Å². The largest absolute Gasteiger partial charge is 0.502 e. The van der Waals surface area contributed by atoms with E-state index in [1.165, 1.54) is 36.8 Å². The first-order valence-corrected chi connectivity index (χ1v) is 10.8. The van der Waals surface area contributed by atoms with Crippen LogP contribution in [-0.2, 0) is 0 Å². The van der Waals surface area contributed by atoms with Crippen LogP contribution in [0.5, 0.6) is 11.5 Å². The van der Waals surface area contributed by atoms with E-state index in [1.807, 2.05) is 0 Å². The van der Waals surface area contributed by atoms with Gasteiger partial charge in [0.2, 0.25) is 0 Å². The molecule has 0 spiro atoms. The third-order valence-electron chi connectivity index (χ3n) is 7.41. The van der Waals surface area contributed by atoms with E-state index in [1.54, 1.807) is 0 Å². The molecule has 2 aromatic rings. The van der Waals surface area contributed by atoms with Crippen molar-refractivity contribution in [2.45, 2.75) is 32.1 Å². The summed E-state index contributed by atoms with van der Waals surface area (Å²) in [5.74, 6) is 8.07. The van der Waals surface area contributed by atoms with Crippen LogP contribution in [0.25, 0.3) is 11.1 Å². The fourth-order valence-electron chi connectivity index (χ4n) is 6.29. The lowest BCUT2D eigenvalue weighted by Crippen LogP contribution is -2.44. The van der Waals surface area contributed by atoms with Crippen molar-refractivity contribution in [2.24, 2.45) is 29.6 Å². The smallest absolute Gasteiger partial charge is 0.326 e. The molecule has 4 bridgehead atoms. The van der Waals surface area contributed by atoms with E-state index in [0.717, 1.165) is 37.5 Å². The minimum absolute atomic E-state index is 0.0452. The van der Waals surface area contributed by atoms with Gasteiger partial charge in [-0.15, -0.1) is 0 Å². The fraction of sp³-hybridized carbons (Fsp3) is 0.417. The lowest BCUT2D eigenvalue weighted by molar-refractivity contribution is -0.386. The third kappa shape index (κ3) is 3.34. The predicted molar refractivity (Wildman–Crippen MR) is 116 cm³/mol. The molecule has 8 heteroatoms. The lowest BCUT2D eigenvalue weighted by atomic mass is 9.52. The molecule has 0 aromatic heterocycles. The number of benzene rings is 2. The van der Waals surface area contributed by atoms with Crippen LogP contribution in [-0.4, -0.2) is 20.1 Å². The molecule has 4 saturated carbocycles. The van der Waals surface area contributed by atoms with E-state index in [4.69, 9.17) is 0 Å². The Hall–Kier alpha value is -3.60. The van der Waals surface area contributed by atoms with Crippen molar-refractivity contribution in [3.05, 3.63) is 56.1 Å². The van der Waals surface area contributed by atoms with Gasteiger partial charge in [-0.05, 0) is 79.5 Å². The number of nitro groups is 2. The monoisotopic (exact) mass is 434 g/mol. The average molecular weight is 434 g/mol. The Kier molecular flexibility index (Phi) is 4.77. The number of rotatable bonds is 3. The second-order valence-electron chi connectivity index (χ2n) is 9.30. The highest BCUT2D eigenvalue weighted by Gasteiger charge is 2.47. The summed E-state index contributed by atoms with van der Waals surface area (Å²) in [6, 6.07) is 6.46. The van der Waals surface area contributed by atoms with Crippen LogP contribution in [0.1, 0.15) is 37.7 Å². The number of nitrogens with zero attached hydrogens (tertiary/aromatic N) is 2. The molecular weight excluding hydrogens is 412 g/mol. The molecule has 4 aliphatic carbocycles. The summed E-state index contributed by atoms with van der Waals surface area (Å²) in [6.07, 6.45) is 5.95. The topological polar surface area (TPSA) is 127 Å². The molecule has 164 valence electrons. The second kappa shape index (κ2) is 7.52. The summed E-state index contributed by atoms with van der Waals surface area (Å²) in [5, 5.41) is 43.0. The van der Waals surface area contributed by atoms with Crippen molar-refractivity contribution in [1.82, 2.24) is 0 Å². The molecule has 32 heavy (non-hydrogen) atoms. The minimum atomic E-state index is -0.715. The van der Waals surface area contributed by atoms with Gasteiger partial charge < -0.3 is 10.2 Å². The van der Waals surface area contributed by atoms with Gasteiger partial charge in [0, 0.05) is 17.5 Å². The zero-order valence-corrected chi connectivity index (χ0v) is 17.2. The minimum Gasteiger partial charge on any atom is -0.502 e. The average Bonchev–Trinajstić information content (AvgIpc) is 2.73. The number of nitro benzene ring substituents is 2. The van der Waals surface area contributed by atoms with E-state index >= 15 is 0 Å². The van der Waals surface area contributed by atoms with Gasteiger partial charge in [0.25, 0.3) is 0 Å². The Morgan fingerprint density at radius 1 is 0.844 bits per heavy atom. The molecular formula is C24H22N2O6. The van der Waals surface area contributed by atoms with Crippen LogP contribution < -0.4 is 0 Å². The van der Waals surface area contributed by atoms with Crippen molar-refractivity contribution in [1.29, 1.82) is 0 Å². The summed E-state index contributed by atoms with van der Waals surface area (Å²) >= 11 is 0. The Morgan fingerprint density at radius 3 is 2.06 bits per heavy atom. The Balaban J connectivity index is 1.62. The van der Waals surface area contributed by atoms with Crippen LogP contribution in [0, 0.1) is 61.7 Å². The van der Waals surface area contributed by atoms with Gasteiger partial charge in [-0.3, -0.25) is 20.2 Å². The van der Waals surface area contributed by atoms with Crippen LogP contribution in [0.15, 0.2) is 30.3 Å². The SMILES string of the molecule is O=[N+]([O-])c1cc(-c2ccc(O)c([N+](=O)[O-])c2C#CC2C3CC4CC(C3)CC2C4)ccc1O. The van der Waals surface area contributed by atoms with Gasteiger partial charge in [0.1, 0.15) is 5.56 Å². The molecule has 0 atom stereocenters. The molecule has 4 aliphatic rings. The molecule has 0 heterocycles. The van der Waals surface area contributed by atoms with E-state index in [0.29, 0.717) is 23.0 Å². The van der Waals surface area contributed by atoms with Crippen LogP contribution in [0.3, 0.4) is 0 Å². The molecule has 0 saturated heterocycles. The van der Waals surface area contributed by atoms with Crippen LogP contribution >= 0.6 is 0 Å². The van der Waals surface area contributed by atoms with E-state index in [2.05, 4.69) is 11.8 Å². The predicted octanol–water partition coefficient (Wildman–Crippen LogP) is 5.01. The lowest BCUT2D eigenvalue weighted by Gasteiger charge is -2.52. The van der Waals surface area contributed by atoms with Gasteiger partial charge in [-0.25, -0.2) is 0 Å². The Morgan fingerprint density at radius 2 is 1.47 bits per heavy atom. The Labute approximate surface area is 184 Å². The van der Waals surface area contributed by atoms with Gasteiger partial charge in [0.05, 0.1) is 9.85 Å². The molecule has 2 N–H and O–H groups in total. The maximum Gasteiger partial charge on any atom is 0.326 e. The first kappa shape index (κ1) is 20.3. The second-order valence-corrected chi connectivity index (χ2v) is 9.30. The van der Waals surface area contributed by atoms with Gasteiger partial charge in [-0.2, -0.15) is 0 Å².